The van der Waals surface area contributed by atoms with E-state index in [9.17, 15) is 14.0 Å². The fraction of sp³-hybridized carbons (Fsp3) is 0.125. The summed E-state index contributed by atoms with van der Waals surface area (Å²) in [4.78, 5) is 25.7. The molecule has 1 saturated heterocycles. The molecule has 2 aromatic carbocycles. The van der Waals surface area contributed by atoms with Crippen LogP contribution in [0.5, 0.6) is 0 Å². The molecule has 1 aliphatic rings. The Labute approximate surface area is 129 Å². The number of imide groups is 1. The molecule has 1 heterocycles. The topological polar surface area (TPSA) is 37.4 Å². The van der Waals surface area contributed by atoms with E-state index in [0.29, 0.717) is 4.47 Å². The van der Waals surface area contributed by atoms with Crippen LogP contribution >= 0.6 is 15.9 Å². The standard InChI is InChI=1S/C16H11BrFNO2/c17-13-7-6-11(8-14(13)18)19-15(20)9-12(16(19)21)10-4-2-1-3-5-10/h1-8,12H,9H2. The Hall–Kier alpha value is -2.01. The molecule has 1 atom stereocenters. The van der Waals surface area contributed by atoms with Gasteiger partial charge in [-0.1, -0.05) is 30.3 Å². The van der Waals surface area contributed by atoms with Gasteiger partial charge in [-0.25, -0.2) is 9.29 Å². The number of benzene rings is 2. The van der Waals surface area contributed by atoms with Crippen molar-refractivity contribution in [2.45, 2.75) is 12.3 Å². The summed E-state index contributed by atoms with van der Waals surface area (Å²) in [7, 11) is 0. The minimum absolute atomic E-state index is 0.112. The lowest BCUT2D eigenvalue weighted by molar-refractivity contribution is -0.121. The van der Waals surface area contributed by atoms with Crippen LogP contribution < -0.4 is 4.90 Å². The average molecular weight is 348 g/mol. The van der Waals surface area contributed by atoms with Crippen LogP contribution in [0.25, 0.3) is 0 Å². The van der Waals surface area contributed by atoms with Crippen molar-refractivity contribution < 1.29 is 14.0 Å². The molecule has 21 heavy (non-hydrogen) atoms. The molecule has 1 fully saturated rings. The van der Waals surface area contributed by atoms with Crippen molar-refractivity contribution in [3.8, 4) is 0 Å². The minimum atomic E-state index is -0.503. The third kappa shape index (κ3) is 2.49. The van der Waals surface area contributed by atoms with Crippen molar-refractivity contribution in [1.29, 1.82) is 0 Å². The number of amides is 2. The lowest BCUT2D eigenvalue weighted by Gasteiger charge is -2.15. The van der Waals surface area contributed by atoms with Crippen LogP contribution in [0.15, 0.2) is 53.0 Å². The van der Waals surface area contributed by atoms with Crippen molar-refractivity contribution in [3.63, 3.8) is 0 Å². The highest BCUT2D eigenvalue weighted by molar-refractivity contribution is 9.10. The van der Waals surface area contributed by atoms with E-state index in [1.54, 1.807) is 6.07 Å². The van der Waals surface area contributed by atoms with Crippen LogP contribution in [0.3, 0.4) is 0 Å². The van der Waals surface area contributed by atoms with Crippen molar-refractivity contribution in [3.05, 3.63) is 64.4 Å². The van der Waals surface area contributed by atoms with E-state index in [1.807, 2.05) is 30.3 Å². The second-order valence-corrected chi connectivity index (χ2v) is 5.69. The van der Waals surface area contributed by atoms with Gasteiger partial charge in [-0.15, -0.1) is 0 Å². The molecule has 2 aromatic rings. The molecule has 0 N–H and O–H groups in total. The molecule has 0 aliphatic carbocycles. The molecule has 3 rings (SSSR count). The first kappa shape index (κ1) is 13.9. The Morgan fingerprint density at radius 2 is 1.81 bits per heavy atom. The Morgan fingerprint density at radius 3 is 2.48 bits per heavy atom. The van der Waals surface area contributed by atoms with E-state index < -0.39 is 11.7 Å². The van der Waals surface area contributed by atoms with Crippen molar-refractivity contribution in [2.24, 2.45) is 0 Å². The number of nitrogens with zero attached hydrogens (tertiary/aromatic N) is 1. The van der Waals surface area contributed by atoms with E-state index in [-0.39, 0.29) is 23.9 Å². The smallest absolute Gasteiger partial charge is 0.241 e. The zero-order valence-corrected chi connectivity index (χ0v) is 12.5. The summed E-state index contributed by atoms with van der Waals surface area (Å²) in [6, 6.07) is 13.4. The summed E-state index contributed by atoms with van der Waals surface area (Å²) in [6.07, 6.45) is 0.112. The molecule has 106 valence electrons. The molecule has 3 nitrogen and oxygen atoms in total. The maximum Gasteiger partial charge on any atom is 0.241 e. The quantitative estimate of drug-likeness (QED) is 0.778. The zero-order chi connectivity index (χ0) is 15.0. The Balaban J connectivity index is 1.96. The molecule has 5 heteroatoms. The van der Waals surface area contributed by atoms with Gasteiger partial charge in [0.25, 0.3) is 0 Å². The normalized spacial score (nSPS) is 18.4. The van der Waals surface area contributed by atoms with Crippen molar-refractivity contribution >= 4 is 33.4 Å². The maximum absolute atomic E-state index is 13.6. The molecule has 1 aliphatic heterocycles. The molecule has 2 amide bonds. The first-order valence-corrected chi connectivity index (χ1v) is 7.24. The number of hydrogen-bond acceptors (Lipinski definition) is 2. The third-order valence-electron chi connectivity index (χ3n) is 3.51. The fourth-order valence-electron chi connectivity index (χ4n) is 2.47. The summed E-state index contributed by atoms with van der Waals surface area (Å²) in [5.41, 5.74) is 1.07. The van der Waals surface area contributed by atoms with Gasteiger partial charge in [0.15, 0.2) is 0 Å². The van der Waals surface area contributed by atoms with Crippen molar-refractivity contribution in [2.75, 3.05) is 4.90 Å². The van der Waals surface area contributed by atoms with Crippen molar-refractivity contribution in [1.82, 2.24) is 0 Å². The van der Waals surface area contributed by atoms with Crippen LogP contribution in [0.1, 0.15) is 17.9 Å². The first-order valence-electron chi connectivity index (χ1n) is 6.44. The molecule has 0 aromatic heterocycles. The van der Waals surface area contributed by atoms with Gasteiger partial charge in [0, 0.05) is 6.42 Å². The zero-order valence-electron chi connectivity index (χ0n) is 10.9. The number of hydrogen-bond donors (Lipinski definition) is 0. The minimum Gasteiger partial charge on any atom is -0.274 e. The van der Waals surface area contributed by atoms with Gasteiger partial charge in [-0.2, -0.15) is 0 Å². The Bertz CT molecular complexity index is 717. The Morgan fingerprint density at radius 1 is 1.10 bits per heavy atom. The Kier molecular flexibility index (Phi) is 3.59. The van der Waals surface area contributed by atoms with Gasteiger partial charge in [0.05, 0.1) is 16.1 Å². The number of carbonyl (C=O) groups excluding carboxylic acids is 2. The lowest BCUT2D eigenvalue weighted by Crippen LogP contribution is -2.30. The SMILES string of the molecule is O=C1CC(c2ccccc2)C(=O)N1c1ccc(Br)c(F)c1. The summed E-state index contributed by atoms with van der Waals surface area (Å²) in [5.74, 6) is -1.62. The van der Waals surface area contributed by atoms with Gasteiger partial charge < -0.3 is 0 Å². The lowest BCUT2D eigenvalue weighted by atomic mass is 9.98. The summed E-state index contributed by atoms with van der Waals surface area (Å²) >= 11 is 3.05. The second-order valence-electron chi connectivity index (χ2n) is 4.83. The van der Waals surface area contributed by atoms with Gasteiger partial charge >= 0.3 is 0 Å². The second kappa shape index (κ2) is 5.41. The van der Waals surface area contributed by atoms with Crippen LogP contribution in [0, 0.1) is 5.82 Å². The van der Waals surface area contributed by atoms with E-state index in [4.69, 9.17) is 0 Å². The van der Waals surface area contributed by atoms with E-state index >= 15 is 0 Å². The number of carbonyl (C=O) groups is 2. The molecule has 0 bridgehead atoms. The number of anilines is 1. The summed E-state index contributed by atoms with van der Waals surface area (Å²) in [6.45, 7) is 0. The van der Waals surface area contributed by atoms with Crippen LogP contribution in [0.2, 0.25) is 0 Å². The molecule has 1 unspecified atom stereocenters. The van der Waals surface area contributed by atoms with E-state index in [0.717, 1.165) is 10.5 Å². The molecule has 0 saturated carbocycles. The van der Waals surface area contributed by atoms with E-state index in [1.165, 1.54) is 12.1 Å². The van der Waals surface area contributed by atoms with Gasteiger partial charge in [-0.3, -0.25) is 9.59 Å². The largest absolute Gasteiger partial charge is 0.274 e. The monoisotopic (exact) mass is 347 g/mol. The van der Waals surface area contributed by atoms with Gasteiger partial charge in [0.2, 0.25) is 11.8 Å². The van der Waals surface area contributed by atoms with Gasteiger partial charge in [0.1, 0.15) is 5.82 Å². The maximum atomic E-state index is 13.6. The molecular weight excluding hydrogens is 337 g/mol. The highest BCUT2D eigenvalue weighted by atomic mass is 79.9. The van der Waals surface area contributed by atoms with Crippen LogP contribution in [0.4, 0.5) is 10.1 Å². The summed E-state index contributed by atoms with van der Waals surface area (Å²) in [5, 5.41) is 0. The third-order valence-corrected chi connectivity index (χ3v) is 4.15. The first-order chi connectivity index (χ1) is 10.1. The van der Waals surface area contributed by atoms with Crippen LogP contribution in [-0.4, -0.2) is 11.8 Å². The number of rotatable bonds is 2. The van der Waals surface area contributed by atoms with Gasteiger partial charge in [-0.05, 0) is 39.7 Å². The average Bonchev–Trinajstić information content (AvgIpc) is 2.78. The number of halogens is 2. The highest BCUT2D eigenvalue weighted by Crippen LogP contribution is 2.34. The predicted molar refractivity (Wildman–Crippen MR) is 80.4 cm³/mol. The predicted octanol–water partition coefficient (Wildman–Crippen LogP) is 3.64. The molecular formula is C16H11BrFNO2. The highest BCUT2D eigenvalue weighted by Gasteiger charge is 2.40. The van der Waals surface area contributed by atoms with Crippen LogP contribution in [-0.2, 0) is 9.59 Å². The fourth-order valence-corrected chi connectivity index (χ4v) is 2.72. The molecule has 0 radical (unpaired) electrons. The molecule has 0 spiro atoms. The summed E-state index contributed by atoms with van der Waals surface area (Å²) < 4.78 is 13.9. The van der Waals surface area contributed by atoms with E-state index in [2.05, 4.69) is 15.9 Å².